The lowest BCUT2D eigenvalue weighted by atomic mass is 9.96. The van der Waals surface area contributed by atoms with E-state index in [2.05, 4.69) is 5.32 Å². The summed E-state index contributed by atoms with van der Waals surface area (Å²) in [7, 11) is 0. The molecule has 2 aromatic rings. The molecular formula is C17H21NO7. The first-order chi connectivity index (χ1) is 11.9. The number of rotatable bonds is 4. The van der Waals surface area contributed by atoms with Gasteiger partial charge in [-0.3, -0.25) is 0 Å². The van der Waals surface area contributed by atoms with Crippen LogP contribution in [0.2, 0.25) is 0 Å². The van der Waals surface area contributed by atoms with Crippen LogP contribution in [-0.2, 0) is 11.2 Å². The molecule has 0 amide bonds. The van der Waals surface area contributed by atoms with Crippen LogP contribution in [0.15, 0.2) is 33.5 Å². The Morgan fingerprint density at radius 2 is 1.92 bits per heavy atom. The van der Waals surface area contributed by atoms with E-state index in [4.69, 9.17) is 14.3 Å². The summed E-state index contributed by atoms with van der Waals surface area (Å²) in [6, 6.07) is 5.50. The van der Waals surface area contributed by atoms with Crippen molar-refractivity contribution < 1.29 is 29.6 Å². The lowest BCUT2D eigenvalue weighted by molar-refractivity contribution is -0.245. The molecule has 0 saturated carbocycles. The van der Waals surface area contributed by atoms with Crippen molar-refractivity contribution in [2.24, 2.45) is 0 Å². The van der Waals surface area contributed by atoms with Gasteiger partial charge in [0.1, 0.15) is 29.9 Å². The lowest BCUT2D eigenvalue weighted by Gasteiger charge is -2.40. The maximum atomic E-state index is 11.6. The molecule has 3 rings (SSSR count). The highest BCUT2D eigenvalue weighted by atomic mass is 16.6. The maximum Gasteiger partial charge on any atom is 0.336 e. The molecule has 136 valence electrons. The first-order valence-electron chi connectivity index (χ1n) is 8.08. The minimum absolute atomic E-state index is 0.379. The molecule has 1 saturated heterocycles. The van der Waals surface area contributed by atoms with E-state index in [9.17, 15) is 20.1 Å². The molecule has 25 heavy (non-hydrogen) atoms. The zero-order chi connectivity index (χ0) is 18.1. The largest absolute Gasteiger partial charge is 0.423 e. The molecule has 8 heteroatoms. The molecule has 0 bridgehead atoms. The SMILES string of the molecule is CCc1cc(=O)oc2cc(NC3C(O)OC(CO)C(O)C3O)ccc12. The Hall–Kier alpha value is -1.97. The van der Waals surface area contributed by atoms with Crippen molar-refractivity contribution in [3.8, 4) is 0 Å². The second kappa shape index (κ2) is 7.11. The van der Waals surface area contributed by atoms with Crippen molar-refractivity contribution in [3.63, 3.8) is 0 Å². The highest BCUT2D eigenvalue weighted by molar-refractivity contribution is 5.83. The predicted molar refractivity (Wildman–Crippen MR) is 89.3 cm³/mol. The summed E-state index contributed by atoms with van der Waals surface area (Å²) in [6.07, 6.45) is -4.52. The van der Waals surface area contributed by atoms with Crippen LogP contribution >= 0.6 is 0 Å². The molecule has 0 aliphatic carbocycles. The van der Waals surface area contributed by atoms with Crippen LogP contribution in [0.3, 0.4) is 0 Å². The van der Waals surface area contributed by atoms with E-state index in [-0.39, 0.29) is 0 Å². The van der Waals surface area contributed by atoms with Gasteiger partial charge in [0.05, 0.1) is 6.61 Å². The third-order valence-corrected chi connectivity index (χ3v) is 4.44. The molecular weight excluding hydrogens is 330 g/mol. The van der Waals surface area contributed by atoms with Crippen LogP contribution in [0.1, 0.15) is 12.5 Å². The van der Waals surface area contributed by atoms with Crippen molar-refractivity contribution in [1.82, 2.24) is 0 Å². The number of fused-ring (bicyclic) bond motifs is 1. The van der Waals surface area contributed by atoms with E-state index in [0.29, 0.717) is 17.7 Å². The van der Waals surface area contributed by atoms with Gasteiger partial charge in [-0.25, -0.2) is 4.79 Å². The fourth-order valence-corrected chi connectivity index (χ4v) is 3.06. The third kappa shape index (κ3) is 3.39. The van der Waals surface area contributed by atoms with E-state index in [1.807, 2.05) is 6.92 Å². The topological polar surface area (TPSA) is 132 Å². The second-order valence-electron chi connectivity index (χ2n) is 6.05. The number of aryl methyl sites for hydroxylation is 1. The fourth-order valence-electron chi connectivity index (χ4n) is 3.06. The maximum absolute atomic E-state index is 11.6. The number of ether oxygens (including phenoxy) is 1. The summed E-state index contributed by atoms with van der Waals surface area (Å²) < 4.78 is 10.3. The van der Waals surface area contributed by atoms with Gasteiger partial charge in [0.2, 0.25) is 0 Å². The monoisotopic (exact) mass is 351 g/mol. The molecule has 0 radical (unpaired) electrons. The zero-order valence-corrected chi connectivity index (χ0v) is 13.6. The van der Waals surface area contributed by atoms with Crippen molar-refractivity contribution in [3.05, 3.63) is 40.2 Å². The number of aliphatic hydroxyl groups is 4. The molecule has 1 aliphatic rings. The number of benzene rings is 1. The normalized spacial score (nSPS) is 29.7. The van der Waals surface area contributed by atoms with Crippen LogP contribution in [0.5, 0.6) is 0 Å². The van der Waals surface area contributed by atoms with Gasteiger partial charge in [-0.2, -0.15) is 0 Å². The molecule has 2 heterocycles. The minimum atomic E-state index is -1.43. The Bertz CT molecular complexity index is 805. The first kappa shape index (κ1) is 17.8. The van der Waals surface area contributed by atoms with Crippen LogP contribution in [0.25, 0.3) is 11.0 Å². The summed E-state index contributed by atoms with van der Waals surface area (Å²) in [5.74, 6) is 0. The van der Waals surface area contributed by atoms with Crippen LogP contribution in [0.4, 0.5) is 5.69 Å². The van der Waals surface area contributed by atoms with Crippen molar-refractivity contribution in [1.29, 1.82) is 0 Å². The average Bonchev–Trinajstić information content (AvgIpc) is 2.60. The van der Waals surface area contributed by atoms with E-state index in [0.717, 1.165) is 10.9 Å². The number of hydrogen-bond acceptors (Lipinski definition) is 8. The molecule has 8 nitrogen and oxygen atoms in total. The Kier molecular flexibility index (Phi) is 5.07. The summed E-state index contributed by atoms with van der Waals surface area (Å²) >= 11 is 0. The van der Waals surface area contributed by atoms with Gasteiger partial charge in [0.25, 0.3) is 0 Å². The summed E-state index contributed by atoms with van der Waals surface area (Å²) in [5.41, 5.74) is 1.26. The van der Waals surface area contributed by atoms with Gasteiger partial charge in [-0.05, 0) is 24.1 Å². The Morgan fingerprint density at radius 3 is 2.60 bits per heavy atom. The van der Waals surface area contributed by atoms with Crippen molar-refractivity contribution in [2.45, 2.75) is 44.0 Å². The number of nitrogens with one attached hydrogen (secondary N) is 1. The number of anilines is 1. The van der Waals surface area contributed by atoms with Gasteiger partial charge in [0, 0.05) is 23.2 Å². The molecule has 0 spiro atoms. The van der Waals surface area contributed by atoms with Gasteiger partial charge in [0.15, 0.2) is 6.29 Å². The molecule has 1 fully saturated rings. The summed E-state index contributed by atoms with van der Waals surface area (Å²) in [5, 5.41) is 42.9. The molecule has 5 atom stereocenters. The Balaban J connectivity index is 1.89. The third-order valence-electron chi connectivity index (χ3n) is 4.44. The number of aliphatic hydroxyl groups excluding tert-OH is 4. The Labute approximate surface area is 143 Å². The van der Waals surface area contributed by atoms with Crippen molar-refractivity contribution in [2.75, 3.05) is 11.9 Å². The van der Waals surface area contributed by atoms with Gasteiger partial charge in [-0.1, -0.05) is 6.92 Å². The smallest absolute Gasteiger partial charge is 0.336 e. The highest BCUT2D eigenvalue weighted by Crippen LogP contribution is 2.26. The van der Waals surface area contributed by atoms with Gasteiger partial charge >= 0.3 is 5.63 Å². The van der Waals surface area contributed by atoms with Crippen LogP contribution in [-0.4, -0.2) is 57.7 Å². The molecule has 1 aliphatic heterocycles. The van der Waals surface area contributed by atoms with Crippen LogP contribution in [0, 0.1) is 0 Å². The van der Waals surface area contributed by atoms with Crippen molar-refractivity contribution >= 4 is 16.7 Å². The van der Waals surface area contributed by atoms with E-state index < -0.39 is 42.9 Å². The first-order valence-corrected chi connectivity index (χ1v) is 8.08. The van der Waals surface area contributed by atoms with E-state index in [1.54, 1.807) is 18.2 Å². The minimum Gasteiger partial charge on any atom is -0.423 e. The Morgan fingerprint density at radius 1 is 1.16 bits per heavy atom. The summed E-state index contributed by atoms with van der Waals surface area (Å²) in [6.45, 7) is 1.41. The standard InChI is InChI=1S/C17H21NO7/c1-2-8-5-13(20)24-11-6-9(3-4-10(8)11)18-14-16(22)15(21)12(7-19)25-17(14)23/h3-6,12,14-19,21-23H,2,7H2,1H3. The highest BCUT2D eigenvalue weighted by Gasteiger charge is 2.43. The summed E-state index contributed by atoms with van der Waals surface area (Å²) in [4.78, 5) is 11.6. The van der Waals surface area contributed by atoms with E-state index in [1.165, 1.54) is 6.07 Å². The molecule has 5 N–H and O–H groups in total. The molecule has 1 aromatic carbocycles. The zero-order valence-electron chi connectivity index (χ0n) is 13.6. The van der Waals surface area contributed by atoms with Crippen LogP contribution < -0.4 is 10.9 Å². The molecule has 5 unspecified atom stereocenters. The number of hydrogen-bond donors (Lipinski definition) is 5. The quantitative estimate of drug-likeness (QED) is 0.469. The lowest BCUT2D eigenvalue weighted by Crippen LogP contribution is -2.61. The molecule has 1 aromatic heterocycles. The van der Waals surface area contributed by atoms with Gasteiger partial charge < -0.3 is 34.9 Å². The average molecular weight is 351 g/mol. The fraction of sp³-hybridized carbons (Fsp3) is 0.471. The predicted octanol–water partition coefficient (Wildman–Crippen LogP) is -0.433. The second-order valence-corrected chi connectivity index (χ2v) is 6.05. The van der Waals surface area contributed by atoms with E-state index >= 15 is 0 Å². The van der Waals surface area contributed by atoms with Gasteiger partial charge in [-0.15, -0.1) is 0 Å².